The second kappa shape index (κ2) is 7.47. The molecule has 1 unspecified atom stereocenters. The predicted octanol–water partition coefficient (Wildman–Crippen LogP) is 2.32. The van der Waals surface area contributed by atoms with Crippen molar-refractivity contribution in [1.82, 2.24) is 5.32 Å². The van der Waals surface area contributed by atoms with Crippen LogP contribution in [0, 0.1) is 0 Å². The van der Waals surface area contributed by atoms with Crippen molar-refractivity contribution in [2.75, 3.05) is 7.11 Å². The molecule has 0 aliphatic carbocycles. The van der Waals surface area contributed by atoms with E-state index in [0.29, 0.717) is 16.7 Å². The van der Waals surface area contributed by atoms with Crippen LogP contribution in [0.4, 0.5) is 4.79 Å². The molecular weight excluding hydrogens is 342 g/mol. The van der Waals surface area contributed by atoms with Gasteiger partial charge < -0.3 is 24.3 Å². The highest BCUT2D eigenvalue weighted by Crippen LogP contribution is 2.23. The van der Waals surface area contributed by atoms with Gasteiger partial charge in [-0.15, -0.1) is 0 Å². The first-order chi connectivity index (χ1) is 12.1. The summed E-state index contributed by atoms with van der Waals surface area (Å²) in [7, 11) is 1.48. The molecule has 0 radical (unpaired) electrons. The third-order valence-electron chi connectivity index (χ3n) is 3.45. The fourth-order valence-corrected chi connectivity index (χ4v) is 2.38. The number of rotatable bonds is 5. The number of carbonyl (C=O) groups is 2. The van der Waals surface area contributed by atoms with Crippen LogP contribution in [-0.4, -0.2) is 35.9 Å². The summed E-state index contributed by atoms with van der Waals surface area (Å²) in [5.41, 5.74) is -0.678. The van der Waals surface area contributed by atoms with Gasteiger partial charge >= 0.3 is 17.7 Å². The number of carboxylic acids is 1. The number of carboxylic acid groups (broad SMARTS) is 1. The van der Waals surface area contributed by atoms with E-state index in [1.165, 1.54) is 19.2 Å². The van der Waals surface area contributed by atoms with Crippen molar-refractivity contribution in [2.45, 2.75) is 38.8 Å². The zero-order chi connectivity index (χ0) is 19.5. The van der Waals surface area contributed by atoms with E-state index < -0.39 is 29.3 Å². The minimum absolute atomic E-state index is 0.108. The summed E-state index contributed by atoms with van der Waals surface area (Å²) < 4.78 is 15.3. The fraction of sp³-hybridized carbons (Fsp3) is 0.389. The maximum atomic E-state index is 11.9. The van der Waals surface area contributed by atoms with Crippen LogP contribution in [0.2, 0.25) is 0 Å². The maximum absolute atomic E-state index is 11.9. The lowest BCUT2D eigenvalue weighted by molar-refractivity contribution is -0.139. The van der Waals surface area contributed by atoms with Gasteiger partial charge in [0.2, 0.25) is 0 Å². The van der Waals surface area contributed by atoms with Crippen molar-refractivity contribution in [3.05, 3.63) is 40.2 Å². The van der Waals surface area contributed by atoms with Gasteiger partial charge in [0.25, 0.3) is 0 Å². The molecule has 0 saturated heterocycles. The van der Waals surface area contributed by atoms with Gasteiger partial charge in [0.1, 0.15) is 23.0 Å². The molecular formula is C18H21NO7. The fourth-order valence-electron chi connectivity index (χ4n) is 2.38. The number of nitrogens with one attached hydrogen (secondary N) is 1. The lowest BCUT2D eigenvalue weighted by Gasteiger charge is -2.22. The summed E-state index contributed by atoms with van der Waals surface area (Å²) in [5.74, 6) is -0.745. The summed E-state index contributed by atoms with van der Waals surface area (Å²) in [6, 6.07) is 4.82. The molecule has 2 rings (SSSR count). The molecule has 8 nitrogen and oxygen atoms in total. The molecule has 0 spiro atoms. The van der Waals surface area contributed by atoms with Gasteiger partial charge in [0.15, 0.2) is 0 Å². The van der Waals surface area contributed by atoms with Crippen molar-refractivity contribution < 1.29 is 28.6 Å². The van der Waals surface area contributed by atoms with E-state index in [0.717, 1.165) is 0 Å². The first-order valence-electron chi connectivity index (χ1n) is 7.92. The predicted molar refractivity (Wildman–Crippen MR) is 93.5 cm³/mol. The van der Waals surface area contributed by atoms with Crippen LogP contribution in [0.5, 0.6) is 5.75 Å². The van der Waals surface area contributed by atoms with E-state index in [9.17, 15) is 19.5 Å². The molecule has 0 fully saturated rings. The van der Waals surface area contributed by atoms with Crippen LogP contribution in [0.3, 0.4) is 0 Å². The second-order valence-electron chi connectivity index (χ2n) is 6.69. The summed E-state index contributed by atoms with van der Waals surface area (Å²) in [6.07, 6.45) is -0.956. The number of benzene rings is 1. The molecule has 0 saturated carbocycles. The van der Waals surface area contributed by atoms with E-state index >= 15 is 0 Å². The summed E-state index contributed by atoms with van der Waals surface area (Å²) in [5, 5.41) is 12.3. The number of ether oxygens (including phenoxy) is 2. The topological polar surface area (TPSA) is 115 Å². The van der Waals surface area contributed by atoms with Gasteiger partial charge in [-0.3, -0.25) is 0 Å². The quantitative estimate of drug-likeness (QED) is 0.783. The highest BCUT2D eigenvalue weighted by atomic mass is 16.6. The number of hydrogen-bond acceptors (Lipinski definition) is 6. The largest absolute Gasteiger partial charge is 0.497 e. The van der Waals surface area contributed by atoms with Crippen molar-refractivity contribution in [1.29, 1.82) is 0 Å². The lowest BCUT2D eigenvalue weighted by Crippen LogP contribution is -2.44. The van der Waals surface area contributed by atoms with Crippen LogP contribution in [0.25, 0.3) is 11.0 Å². The maximum Gasteiger partial charge on any atom is 0.408 e. The standard InChI is InChI=1S/C18H21NO7/c1-18(2,3)26-17(23)19-13(16(21)22)7-10-8-15(20)25-14-9-11(24-4)5-6-12(10)14/h5-6,8-9,13H,7H2,1-4H3,(H,19,23)(H,21,22). The highest BCUT2D eigenvalue weighted by molar-refractivity contribution is 5.84. The molecule has 1 heterocycles. The highest BCUT2D eigenvalue weighted by Gasteiger charge is 2.25. The van der Waals surface area contributed by atoms with E-state index in [-0.39, 0.29) is 12.0 Å². The first-order valence-corrected chi connectivity index (χ1v) is 7.92. The smallest absolute Gasteiger partial charge is 0.408 e. The Balaban J connectivity index is 2.32. The Kier molecular flexibility index (Phi) is 5.54. The van der Waals surface area contributed by atoms with Gasteiger partial charge in [-0.05, 0) is 38.5 Å². The van der Waals surface area contributed by atoms with Gasteiger partial charge in [-0.1, -0.05) is 0 Å². The Morgan fingerprint density at radius 2 is 1.96 bits per heavy atom. The number of fused-ring (bicyclic) bond motifs is 1. The van der Waals surface area contributed by atoms with Crippen LogP contribution >= 0.6 is 0 Å². The van der Waals surface area contributed by atoms with Gasteiger partial charge in [0.05, 0.1) is 7.11 Å². The van der Waals surface area contributed by atoms with E-state index in [2.05, 4.69) is 5.32 Å². The zero-order valence-corrected chi connectivity index (χ0v) is 15.0. The molecule has 8 heteroatoms. The van der Waals surface area contributed by atoms with Crippen LogP contribution in [0.1, 0.15) is 26.3 Å². The average molecular weight is 363 g/mol. The molecule has 1 atom stereocenters. The summed E-state index contributed by atoms with van der Waals surface area (Å²) >= 11 is 0. The monoisotopic (exact) mass is 363 g/mol. The SMILES string of the molecule is COc1ccc2c(CC(NC(=O)OC(C)(C)C)C(=O)O)cc(=O)oc2c1. The zero-order valence-electron chi connectivity index (χ0n) is 15.0. The molecule has 1 amide bonds. The van der Waals surface area contributed by atoms with Crippen LogP contribution in [0.15, 0.2) is 33.5 Å². The first kappa shape index (κ1) is 19.3. The number of aliphatic carboxylic acids is 1. The Labute approximate surface area is 149 Å². The summed E-state index contributed by atoms with van der Waals surface area (Å²) in [6.45, 7) is 5.02. The summed E-state index contributed by atoms with van der Waals surface area (Å²) in [4.78, 5) is 35.2. The van der Waals surface area contributed by atoms with Crippen molar-refractivity contribution in [2.24, 2.45) is 0 Å². The number of methoxy groups -OCH3 is 1. The Morgan fingerprint density at radius 3 is 2.54 bits per heavy atom. The Hall–Kier alpha value is -3.03. The van der Waals surface area contributed by atoms with Gasteiger partial charge in [-0.25, -0.2) is 14.4 Å². The Morgan fingerprint density at radius 1 is 1.27 bits per heavy atom. The normalized spacial score (nSPS) is 12.5. The van der Waals surface area contributed by atoms with Crippen LogP contribution < -0.4 is 15.7 Å². The van der Waals surface area contributed by atoms with E-state index in [1.807, 2.05) is 0 Å². The van der Waals surface area contributed by atoms with Gasteiger partial charge in [0, 0.05) is 23.9 Å². The molecule has 2 N–H and O–H groups in total. The van der Waals surface area contributed by atoms with Crippen molar-refractivity contribution in [3.8, 4) is 5.75 Å². The molecule has 0 aliphatic rings. The lowest BCUT2D eigenvalue weighted by atomic mass is 10.0. The number of hydrogen-bond donors (Lipinski definition) is 2. The number of alkyl carbamates (subject to hydrolysis) is 1. The minimum atomic E-state index is -1.27. The average Bonchev–Trinajstić information content (AvgIpc) is 2.51. The van der Waals surface area contributed by atoms with E-state index in [4.69, 9.17) is 13.9 Å². The van der Waals surface area contributed by atoms with Crippen molar-refractivity contribution in [3.63, 3.8) is 0 Å². The van der Waals surface area contributed by atoms with Crippen LogP contribution in [-0.2, 0) is 16.0 Å². The molecule has 0 aliphatic heterocycles. The third kappa shape index (κ3) is 4.98. The molecule has 2 aromatic rings. The Bertz CT molecular complexity index is 879. The molecule has 1 aromatic heterocycles. The minimum Gasteiger partial charge on any atom is -0.497 e. The van der Waals surface area contributed by atoms with Gasteiger partial charge in [-0.2, -0.15) is 0 Å². The number of carbonyl (C=O) groups excluding carboxylic acids is 1. The second-order valence-corrected chi connectivity index (χ2v) is 6.69. The third-order valence-corrected chi connectivity index (χ3v) is 3.45. The van der Waals surface area contributed by atoms with E-state index in [1.54, 1.807) is 32.9 Å². The molecule has 1 aromatic carbocycles. The molecule has 140 valence electrons. The molecule has 0 bridgehead atoms. The van der Waals surface area contributed by atoms with Crippen molar-refractivity contribution >= 4 is 23.0 Å². The molecule has 26 heavy (non-hydrogen) atoms. The number of amides is 1.